The summed E-state index contributed by atoms with van der Waals surface area (Å²) >= 11 is 1.99. The van der Waals surface area contributed by atoms with E-state index in [1.165, 1.54) is 40.6 Å². The van der Waals surface area contributed by atoms with Gasteiger partial charge in [-0.15, -0.1) is 0 Å². The molecule has 9 heteroatoms. The highest BCUT2D eigenvalue weighted by Crippen LogP contribution is 2.35. The first kappa shape index (κ1) is 20.0. The van der Waals surface area contributed by atoms with Crippen LogP contribution in [0.2, 0.25) is 0 Å². The molecule has 0 saturated carbocycles. The summed E-state index contributed by atoms with van der Waals surface area (Å²) in [6, 6.07) is 7.11. The Bertz CT molecular complexity index is 1020. The number of carbonyl (C=O) groups is 1. The molecular weight excluding hydrogens is 497 g/mol. The van der Waals surface area contributed by atoms with Crippen molar-refractivity contribution in [2.24, 2.45) is 0 Å². The standard InChI is InChI=1S/C18H12F4INO2S/c1-26-17-8-12(19)4-2-10(17)6-16(25)14-9-24(27-23)15-5-3-11(7-13(14)15)18(20,21)22/h2-5,7-9H,6H2,1H3. The molecule has 3 aromatic rings. The van der Waals surface area contributed by atoms with Gasteiger partial charge >= 0.3 is 6.18 Å². The number of fused-ring (bicyclic) bond motifs is 1. The van der Waals surface area contributed by atoms with E-state index in [0.717, 1.165) is 18.2 Å². The van der Waals surface area contributed by atoms with E-state index < -0.39 is 17.6 Å². The zero-order chi connectivity index (χ0) is 19.8. The molecule has 0 aliphatic carbocycles. The zero-order valence-electron chi connectivity index (χ0n) is 13.8. The molecule has 0 aliphatic rings. The number of rotatable bonds is 5. The molecule has 0 spiro atoms. The van der Waals surface area contributed by atoms with Crippen molar-refractivity contribution in [3.05, 3.63) is 65.1 Å². The highest BCUT2D eigenvalue weighted by molar-refractivity contribution is 14.2. The topological polar surface area (TPSA) is 31.2 Å². The van der Waals surface area contributed by atoms with Crippen LogP contribution in [0.3, 0.4) is 0 Å². The predicted octanol–water partition coefficient (Wildman–Crippen LogP) is 6.08. The van der Waals surface area contributed by atoms with Gasteiger partial charge in [-0.25, -0.2) is 4.39 Å². The maximum Gasteiger partial charge on any atom is 0.416 e. The van der Waals surface area contributed by atoms with Crippen molar-refractivity contribution in [1.29, 1.82) is 0 Å². The summed E-state index contributed by atoms with van der Waals surface area (Å²) in [5.74, 6) is -0.671. The molecule has 1 heterocycles. The molecule has 3 rings (SSSR count). The van der Waals surface area contributed by atoms with E-state index in [-0.39, 0.29) is 28.9 Å². The molecule has 142 valence electrons. The number of hydrogen-bond acceptors (Lipinski definition) is 3. The van der Waals surface area contributed by atoms with Gasteiger partial charge in [0.1, 0.15) is 11.6 Å². The number of nitrogens with zero attached hydrogens (tertiary/aromatic N) is 1. The molecule has 0 fully saturated rings. The first-order valence-corrected chi connectivity index (χ1v) is 10.9. The Balaban J connectivity index is 2.06. The average molecular weight is 509 g/mol. The lowest BCUT2D eigenvalue weighted by atomic mass is 10.0. The molecule has 2 aromatic carbocycles. The third kappa shape index (κ3) is 4.08. The SMILES string of the molecule is COc1cc(F)ccc1CC(=O)c1cn(SI)c2ccc(C(F)(F)F)cc12. The number of halogens is 5. The molecule has 0 N–H and O–H groups in total. The van der Waals surface area contributed by atoms with Crippen molar-refractivity contribution in [1.82, 2.24) is 3.97 Å². The number of alkyl halides is 3. The molecule has 0 amide bonds. The smallest absolute Gasteiger partial charge is 0.416 e. The second-order valence-corrected chi connectivity index (χ2v) is 7.44. The van der Waals surface area contributed by atoms with Crippen molar-refractivity contribution in [3.63, 3.8) is 0 Å². The van der Waals surface area contributed by atoms with Crippen LogP contribution in [0, 0.1) is 5.82 Å². The zero-order valence-corrected chi connectivity index (χ0v) is 16.8. The lowest BCUT2D eigenvalue weighted by Crippen LogP contribution is -2.06. The minimum Gasteiger partial charge on any atom is -0.496 e. The van der Waals surface area contributed by atoms with Gasteiger partial charge in [0.05, 0.1) is 18.2 Å². The molecule has 0 saturated heterocycles. The fourth-order valence-electron chi connectivity index (χ4n) is 2.79. The Kier molecular flexibility index (Phi) is 5.71. The molecular formula is C18H12F4INO2S. The number of ether oxygens (including phenoxy) is 1. The summed E-state index contributed by atoms with van der Waals surface area (Å²) in [5, 5.41) is 0.222. The first-order chi connectivity index (χ1) is 12.7. The Labute approximate surface area is 168 Å². The third-order valence-electron chi connectivity index (χ3n) is 4.07. The van der Waals surface area contributed by atoms with E-state index in [0.29, 0.717) is 11.1 Å². The Hall–Kier alpha value is -1.75. The van der Waals surface area contributed by atoms with Gasteiger partial charge in [-0.2, -0.15) is 13.2 Å². The minimum absolute atomic E-state index is 0.120. The van der Waals surface area contributed by atoms with E-state index in [1.54, 1.807) is 3.97 Å². The molecule has 0 radical (unpaired) electrons. The fraction of sp³-hybridized carbons (Fsp3) is 0.167. The van der Waals surface area contributed by atoms with Crippen molar-refractivity contribution < 1.29 is 27.1 Å². The monoisotopic (exact) mass is 509 g/mol. The van der Waals surface area contributed by atoms with Crippen LogP contribution in [0.4, 0.5) is 17.6 Å². The molecule has 0 bridgehead atoms. The summed E-state index contributed by atoms with van der Waals surface area (Å²) in [4.78, 5) is 12.8. The maximum atomic E-state index is 13.3. The van der Waals surface area contributed by atoms with Crippen molar-refractivity contribution in [3.8, 4) is 5.75 Å². The Morgan fingerprint density at radius 2 is 1.96 bits per heavy atom. The van der Waals surface area contributed by atoms with Crippen molar-refractivity contribution >= 4 is 47.0 Å². The molecule has 0 aliphatic heterocycles. The quantitative estimate of drug-likeness (QED) is 0.238. The summed E-state index contributed by atoms with van der Waals surface area (Å²) in [6.07, 6.45) is -3.11. The van der Waals surface area contributed by atoms with Gasteiger partial charge in [0.25, 0.3) is 0 Å². The molecule has 27 heavy (non-hydrogen) atoms. The molecule has 0 unspecified atom stereocenters. The van der Waals surface area contributed by atoms with Crippen LogP contribution in [-0.2, 0) is 12.6 Å². The maximum absolute atomic E-state index is 13.3. The van der Waals surface area contributed by atoms with Crippen LogP contribution in [0.15, 0.2) is 42.6 Å². The van der Waals surface area contributed by atoms with Crippen LogP contribution >= 0.6 is 30.3 Å². The van der Waals surface area contributed by atoms with Gasteiger partial charge in [-0.1, -0.05) is 6.07 Å². The van der Waals surface area contributed by atoms with Gasteiger partial charge < -0.3 is 4.74 Å². The number of hydrogen-bond donors (Lipinski definition) is 0. The number of carbonyl (C=O) groups excluding carboxylic acids is 1. The van der Waals surface area contributed by atoms with Crippen molar-refractivity contribution in [2.45, 2.75) is 12.6 Å². The second kappa shape index (κ2) is 7.70. The van der Waals surface area contributed by atoms with E-state index in [4.69, 9.17) is 4.74 Å². The number of methoxy groups -OCH3 is 1. The van der Waals surface area contributed by atoms with Gasteiger partial charge in [0.15, 0.2) is 5.78 Å². The van der Waals surface area contributed by atoms with E-state index in [9.17, 15) is 22.4 Å². The van der Waals surface area contributed by atoms with Gasteiger partial charge in [0.2, 0.25) is 0 Å². The largest absolute Gasteiger partial charge is 0.496 e. The summed E-state index contributed by atoms with van der Waals surface area (Å²) in [6.45, 7) is 0. The Morgan fingerprint density at radius 3 is 2.59 bits per heavy atom. The lowest BCUT2D eigenvalue weighted by molar-refractivity contribution is -0.137. The lowest BCUT2D eigenvalue weighted by Gasteiger charge is -2.09. The van der Waals surface area contributed by atoms with Crippen LogP contribution in [0.1, 0.15) is 21.5 Å². The van der Waals surface area contributed by atoms with Crippen LogP contribution in [0.25, 0.3) is 10.9 Å². The number of Topliss-reactive ketones (excluding diaryl/α,β-unsaturated/α-hetero) is 1. The van der Waals surface area contributed by atoms with Crippen molar-refractivity contribution in [2.75, 3.05) is 7.11 Å². The highest BCUT2D eigenvalue weighted by atomic mass is 127. The third-order valence-corrected chi connectivity index (χ3v) is 5.80. The number of aromatic nitrogens is 1. The van der Waals surface area contributed by atoms with Crippen LogP contribution in [0.5, 0.6) is 5.75 Å². The minimum atomic E-state index is -4.51. The van der Waals surface area contributed by atoms with E-state index in [1.807, 2.05) is 21.2 Å². The van der Waals surface area contributed by atoms with Gasteiger partial charge in [-0.05, 0) is 24.3 Å². The second-order valence-electron chi connectivity index (χ2n) is 5.72. The number of ketones is 1. The highest BCUT2D eigenvalue weighted by Gasteiger charge is 2.31. The predicted molar refractivity (Wildman–Crippen MR) is 105 cm³/mol. The molecule has 0 atom stereocenters. The van der Waals surface area contributed by atoms with E-state index >= 15 is 0 Å². The van der Waals surface area contributed by atoms with Crippen LogP contribution in [-0.4, -0.2) is 16.9 Å². The summed E-state index contributed by atoms with van der Waals surface area (Å²) in [5.41, 5.74) is 0.321. The first-order valence-electron chi connectivity index (χ1n) is 7.61. The molecule has 3 nitrogen and oxygen atoms in total. The van der Waals surface area contributed by atoms with Gasteiger partial charge in [0, 0.05) is 65.5 Å². The van der Waals surface area contributed by atoms with Gasteiger partial charge in [-0.3, -0.25) is 8.77 Å². The van der Waals surface area contributed by atoms with E-state index in [2.05, 4.69) is 0 Å². The summed E-state index contributed by atoms with van der Waals surface area (Å²) < 4.78 is 59.3. The van der Waals surface area contributed by atoms with Crippen LogP contribution < -0.4 is 4.74 Å². The summed E-state index contributed by atoms with van der Waals surface area (Å²) in [7, 11) is 2.60. The Morgan fingerprint density at radius 1 is 1.22 bits per heavy atom. The average Bonchev–Trinajstić information content (AvgIpc) is 3.00. The molecule has 1 aromatic heterocycles. The number of benzene rings is 2. The normalized spacial score (nSPS) is 11.8. The fourth-order valence-corrected chi connectivity index (χ4v) is 4.15.